The fourth-order valence-corrected chi connectivity index (χ4v) is 4.47. The molecule has 0 amide bonds. The number of methoxy groups -OCH3 is 5. The highest BCUT2D eigenvalue weighted by Crippen LogP contribution is 2.39. The van der Waals surface area contributed by atoms with Crippen molar-refractivity contribution in [3.63, 3.8) is 0 Å². The van der Waals surface area contributed by atoms with Crippen LogP contribution in [0.1, 0.15) is 11.1 Å². The van der Waals surface area contributed by atoms with Crippen molar-refractivity contribution in [2.24, 2.45) is 0 Å². The van der Waals surface area contributed by atoms with Gasteiger partial charge in [-0.3, -0.25) is 4.72 Å². The van der Waals surface area contributed by atoms with Gasteiger partial charge in [0, 0.05) is 11.6 Å². The van der Waals surface area contributed by atoms with Gasteiger partial charge in [0.2, 0.25) is 5.75 Å². The van der Waals surface area contributed by atoms with E-state index in [1.54, 1.807) is 24.3 Å². The second kappa shape index (κ2) is 11.1. The van der Waals surface area contributed by atoms with E-state index in [0.717, 1.165) is 6.07 Å². The van der Waals surface area contributed by atoms with Crippen LogP contribution in [0.2, 0.25) is 0 Å². The van der Waals surface area contributed by atoms with Crippen LogP contribution >= 0.6 is 0 Å². The fraction of sp³-hybridized carbons (Fsp3) is 0.200. The molecule has 36 heavy (non-hydrogen) atoms. The molecule has 0 unspecified atom stereocenters. The molecule has 0 aromatic heterocycles. The molecule has 3 rings (SSSR count). The van der Waals surface area contributed by atoms with E-state index >= 15 is 0 Å². The molecular formula is C25H26FNO8S. The third-order valence-electron chi connectivity index (χ3n) is 5.17. The Hall–Kier alpha value is -4.12. The van der Waals surface area contributed by atoms with Crippen LogP contribution in [0.3, 0.4) is 0 Å². The Morgan fingerprint density at radius 1 is 0.778 bits per heavy atom. The zero-order chi connectivity index (χ0) is 26.5. The van der Waals surface area contributed by atoms with Crippen LogP contribution in [0, 0.1) is 5.82 Å². The summed E-state index contributed by atoms with van der Waals surface area (Å²) < 4.78 is 68.6. The van der Waals surface area contributed by atoms with Crippen LogP contribution in [0.5, 0.6) is 34.5 Å². The molecule has 0 spiro atoms. The molecule has 3 aromatic carbocycles. The second-order valence-corrected chi connectivity index (χ2v) is 8.99. The molecular weight excluding hydrogens is 493 g/mol. The first-order valence-electron chi connectivity index (χ1n) is 10.4. The Morgan fingerprint density at radius 2 is 1.39 bits per heavy atom. The van der Waals surface area contributed by atoms with E-state index in [1.807, 2.05) is 0 Å². The minimum absolute atomic E-state index is 0.0403. The van der Waals surface area contributed by atoms with Gasteiger partial charge in [0.1, 0.15) is 0 Å². The third-order valence-corrected chi connectivity index (χ3v) is 6.53. The van der Waals surface area contributed by atoms with Gasteiger partial charge in [-0.15, -0.1) is 0 Å². The van der Waals surface area contributed by atoms with Gasteiger partial charge in [-0.25, -0.2) is 12.8 Å². The molecule has 0 heterocycles. The van der Waals surface area contributed by atoms with Gasteiger partial charge < -0.3 is 28.8 Å². The lowest BCUT2D eigenvalue weighted by atomic mass is 10.1. The van der Waals surface area contributed by atoms with Crippen LogP contribution in [-0.4, -0.2) is 49.1 Å². The standard InChI is InChI=1S/C25H26FNO8S/c1-31-21-9-8-17(13-18(21)26)36(29,30)27-19-14-22(32-2)20(28)12-16(19)7-6-15-10-23(33-3)25(35-5)24(11-15)34-4/h6-14,27-28H,1-5H3. The van der Waals surface area contributed by atoms with Crippen LogP contribution in [0.4, 0.5) is 10.1 Å². The summed E-state index contributed by atoms with van der Waals surface area (Å²) in [5, 5.41) is 10.3. The van der Waals surface area contributed by atoms with Crippen molar-refractivity contribution in [2.75, 3.05) is 40.3 Å². The average Bonchev–Trinajstić information content (AvgIpc) is 2.87. The first kappa shape index (κ1) is 26.5. The third kappa shape index (κ3) is 5.57. The van der Waals surface area contributed by atoms with Crippen molar-refractivity contribution in [3.05, 3.63) is 59.4 Å². The molecule has 0 fully saturated rings. The van der Waals surface area contributed by atoms with Gasteiger partial charge in [-0.1, -0.05) is 12.2 Å². The Balaban J connectivity index is 2.05. The molecule has 0 bridgehead atoms. The Labute approximate surface area is 208 Å². The minimum atomic E-state index is -4.21. The predicted molar refractivity (Wildman–Crippen MR) is 133 cm³/mol. The van der Waals surface area contributed by atoms with E-state index in [1.165, 1.54) is 59.8 Å². The number of halogens is 1. The van der Waals surface area contributed by atoms with Crippen molar-refractivity contribution in [1.82, 2.24) is 0 Å². The lowest BCUT2D eigenvalue weighted by Crippen LogP contribution is -2.14. The molecule has 11 heteroatoms. The average molecular weight is 520 g/mol. The van der Waals surface area contributed by atoms with Gasteiger partial charge in [-0.2, -0.15) is 0 Å². The van der Waals surface area contributed by atoms with Crippen LogP contribution < -0.4 is 28.4 Å². The van der Waals surface area contributed by atoms with E-state index in [9.17, 15) is 17.9 Å². The van der Waals surface area contributed by atoms with Crippen molar-refractivity contribution in [3.8, 4) is 34.5 Å². The van der Waals surface area contributed by atoms with Crippen LogP contribution in [0.25, 0.3) is 12.2 Å². The monoisotopic (exact) mass is 519 g/mol. The number of benzene rings is 3. The molecule has 3 aromatic rings. The summed E-state index contributed by atoms with van der Waals surface area (Å²) in [4.78, 5) is -0.313. The van der Waals surface area contributed by atoms with Gasteiger partial charge >= 0.3 is 0 Å². The lowest BCUT2D eigenvalue weighted by Gasteiger charge is -2.15. The van der Waals surface area contributed by atoms with Gasteiger partial charge in [0.25, 0.3) is 10.0 Å². The number of rotatable bonds is 10. The normalized spacial score (nSPS) is 11.3. The molecule has 9 nitrogen and oxygen atoms in total. The number of anilines is 1. The van der Waals surface area contributed by atoms with Crippen molar-refractivity contribution in [1.29, 1.82) is 0 Å². The molecule has 0 saturated carbocycles. The summed E-state index contributed by atoms with van der Waals surface area (Å²) in [5.41, 5.74) is 1.04. The quantitative estimate of drug-likeness (QED) is 0.297. The van der Waals surface area contributed by atoms with E-state index < -0.39 is 15.8 Å². The van der Waals surface area contributed by atoms with Gasteiger partial charge in [-0.05, 0) is 42.0 Å². The number of phenols is 1. The zero-order valence-electron chi connectivity index (χ0n) is 20.3. The Bertz CT molecular complexity index is 1360. The number of phenolic OH excluding ortho intramolecular Hbond substituents is 1. The molecule has 0 atom stereocenters. The van der Waals surface area contributed by atoms with Gasteiger partial charge in [0.05, 0.1) is 46.1 Å². The maximum atomic E-state index is 14.1. The maximum absolute atomic E-state index is 14.1. The molecule has 0 aliphatic heterocycles. The summed E-state index contributed by atoms with van der Waals surface area (Å²) in [5.74, 6) is 0.187. The lowest BCUT2D eigenvalue weighted by molar-refractivity contribution is 0.324. The Kier molecular flexibility index (Phi) is 8.15. The summed E-state index contributed by atoms with van der Waals surface area (Å²) in [6.07, 6.45) is 3.24. The topological polar surface area (TPSA) is 113 Å². The fourth-order valence-electron chi connectivity index (χ4n) is 3.38. The molecule has 0 aliphatic carbocycles. The number of nitrogens with one attached hydrogen (secondary N) is 1. The largest absolute Gasteiger partial charge is 0.504 e. The highest BCUT2D eigenvalue weighted by molar-refractivity contribution is 7.92. The number of aromatic hydroxyl groups is 1. The van der Waals surface area contributed by atoms with Crippen LogP contribution in [0.15, 0.2) is 47.4 Å². The molecule has 192 valence electrons. The SMILES string of the molecule is COc1cc(NS(=O)(=O)c2ccc(OC)c(F)c2)c(C=Cc2cc(OC)c(OC)c(OC)c2)cc1O. The molecule has 0 aliphatic rings. The van der Waals surface area contributed by atoms with E-state index in [4.69, 9.17) is 23.7 Å². The van der Waals surface area contributed by atoms with Gasteiger partial charge in [0.15, 0.2) is 34.6 Å². The maximum Gasteiger partial charge on any atom is 0.262 e. The highest BCUT2D eigenvalue weighted by atomic mass is 32.2. The first-order chi connectivity index (χ1) is 17.2. The minimum Gasteiger partial charge on any atom is -0.504 e. The Morgan fingerprint density at radius 3 is 1.92 bits per heavy atom. The summed E-state index contributed by atoms with van der Waals surface area (Å²) in [7, 11) is 2.87. The second-order valence-electron chi connectivity index (χ2n) is 7.31. The van der Waals surface area contributed by atoms with Crippen molar-refractivity contribution >= 4 is 27.9 Å². The van der Waals surface area contributed by atoms with Crippen molar-refractivity contribution < 1.29 is 41.6 Å². The molecule has 2 N–H and O–H groups in total. The summed E-state index contributed by atoms with van der Waals surface area (Å²) in [6, 6.07) is 9.34. The number of ether oxygens (including phenoxy) is 5. The van der Waals surface area contributed by atoms with E-state index in [-0.39, 0.29) is 27.8 Å². The van der Waals surface area contributed by atoms with E-state index in [2.05, 4.69) is 4.72 Å². The predicted octanol–water partition coefficient (Wildman–Crippen LogP) is 4.55. The summed E-state index contributed by atoms with van der Waals surface area (Å²) >= 11 is 0. The highest BCUT2D eigenvalue weighted by Gasteiger charge is 2.20. The molecule has 0 saturated heterocycles. The zero-order valence-corrected chi connectivity index (χ0v) is 21.1. The smallest absolute Gasteiger partial charge is 0.262 e. The van der Waals surface area contributed by atoms with Crippen molar-refractivity contribution in [2.45, 2.75) is 4.90 Å². The number of hydrogen-bond acceptors (Lipinski definition) is 8. The molecule has 0 radical (unpaired) electrons. The van der Waals surface area contributed by atoms with E-state index in [0.29, 0.717) is 28.4 Å². The number of sulfonamides is 1. The number of hydrogen-bond donors (Lipinski definition) is 2. The summed E-state index contributed by atoms with van der Waals surface area (Å²) in [6.45, 7) is 0. The first-order valence-corrected chi connectivity index (χ1v) is 11.9. The van der Waals surface area contributed by atoms with Crippen LogP contribution in [-0.2, 0) is 10.0 Å².